The van der Waals surface area contributed by atoms with Crippen LogP contribution < -0.4 is 0 Å². The van der Waals surface area contributed by atoms with Crippen molar-refractivity contribution in [2.75, 3.05) is 13.2 Å². The second-order valence-corrected chi connectivity index (χ2v) is 4.27. The van der Waals surface area contributed by atoms with E-state index in [1.54, 1.807) is 0 Å². The van der Waals surface area contributed by atoms with Crippen LogP contribution in [0.2, 0.25) is 0 Å². The van der Waals surface area contributed by atoms with E-state index in [-0.39, 0.29) is 5.71 Å². The van der Waals surface area contributed by atoms with Gasteiger partial charge in [0.25, 0.3) is 0 Å². The second-order valence-electron chi connectivity index (χ2n) is 4.27. The van der Waals surface area contributed by atoms with Crippen molar-refractivity contribution in [1.29, 1.82) is 0 Å². The summed E-state index contributed by atoms with van der Waals surface area (Å²) >= 11 is 0. The van der Waals surface area contributed by atoms with Crippen molar-refractivity contribution in [2.45, 2.75) is 57.8 Å². The van der Waals surface area contributed by atoms with E-state index in [2.05, 4.69) is 11.9 Å². The van der Waals surface area contributed by atoms with Gasteiger partial charge in [-0.05, 0) is 13.3 Å². The molecule has 3 atom stereocenters. The minimum absolute atomic E-state index is 0.134. The summed E-state index contributed by atoms with van der Waals surface area (Å²) in [6.07, 6.45) is 0.579. The lowest BCUT2D eigenvalue weighted by Gasteiger charge is -2.21. The van der Waals surface area contributed by atoms with E-state index in [4.69, 9.17) is 10.2 Å². The summed E-state index contributed by atoms with van der Waals surface area (Å²) in [6, 6.07) is 0. The van der Waals surface area contributed by atoms with Gasteiger partial charge >= 0.3 is 0 Å². The van der Waals surface area contributed by atoms with E-state index in [9.17, 15) is 10.2 Å². The molecule has 0 rings (SSSR count). The minimum Gasteiger partial charge on any atom is -0.391 e. The quantitative estimate of drug-likeness (QED) is 0.343. The summed E-state index contributed by atoms with van der Waals surface area (Å²) in [7, 11) is 0. The summed E-state index contributed by atoms with van der Waals surface area (Å²) in [4.78, 5) is 4.06. The predicted molar refractivity (Wildman–Crippen MR) is 67.2 cm³/mol. The molecule has 0 aliphatic carbocycles. The fraction of sp³-hybridized carbons (Fsp3) is 0.917. The smallest absolute Gasteiger partial charge is 0.122 e. The first-order valence-electron chi connectivity index (χ1n) is 6.22. The van der Waals surface area contributed by atoms with Gasteiger partial charge in [0.2, 0.25) is 0 Å². The predicted octanol–water partition coefficient (Wildman–Crippen LogP) is 0.103. The van der Waals surface area contributed by atoms with Crippen LogP contribution in [0, 0.1) is 0 Å². The molecule has 0 aromatic rings. The number of rotatable bonds is 9. The lowest BCUT2D eigenvalue weighted by molar-refractivity contribution is -0.0271. The van der Waals surface area contributed by atoms with Gasteiger partial charge in [0, 0.05) is 6.54 Å². The maximum atomic E-state index is 9.65. The van der Waals surface area contributed by atoms with Gasteiger partial charge in [-0.25, -0.2) is 0 Å². The first-order chi connectivity index (χ1) is 8.04. The van der Waals surface area contributed by atoms with Crippen LogP contribution in [0.25, 0.3) is 0 Å². The molecule has 5 nitrogen and oxygen atoms in total. The maximum absolute atomic E-state index is 9.65. The molecule has 0 bridgehead atoms. The summed E-state index contributed by atoms with van der Waals surface area (Å²) in [5.41, 5.74) is 0.134. The number of aliphatic imine (C=N–C) groups is 1. The highest BCUT2D eigenvalue weighted by Gasteiger charge is 2.25. The SMILES string of the molecule is CCCCCCN=C(CO)[C@@H](O)[C@H](O)[C@H](C)O. The Morgan fingerprint density at radius 2 is 1.76 bits per heavy atom. The van der Waals surface area contributed by atoms with Crippen molar-refractivity contribution >= 4 is 5.71 Å². The summed E-state index contributed by atoms with van der Waals surface area (Å²) in [5.74, 6) is 0. The first kappa shape index (κ1) is 16.5. The Kier molecular flexibility index (Phi) is 9.26. The minimum atomic E-state index is -1.31. The Morgan fingerprint density at radius 3 is 2.24 bits per heavy atom. The molecular weight excluding hydrogens is 222 g/mol. The Morgan fingerprint density at radius 1 is 1.12 bits per heavy atom. The topological polar surface area (TPSA) is 93.3 Å². The fourth-order valence-corrected chi connectivity index (χ4v) is 1.46. The van der Waals surface area contributed by atoms with Crippen LogP contribution in [0.4, 0.5) is 0 Å². The second kappa shape index (κ2) is 9.53. The summed E-state index contributed by atoms with van der Waals surface area (Å²) in [5, 5.41) is 37.3. The Balaban J connectivity index is 4.15. The molecule has 0 saturated heterocycles. The van der Waals surface area contributed by atoms with E-state index in [1.165, 1.54) is 6.92 Å². The lowest BCUT2D eigenvalue weighted by atomic mass is 10.1. The highest BCUT2D eigenvalue weighted by Crippen LogP contribution is 2.04. The molecule has 102 valence electrons. The van der Waals surface area contributed by atoms with Crippen molar-refractivity contribution in [3.8, 4) is 0 Å². The molecule has 0 aromatic carbocycles. The molecule has 4 N–H and O–H groups in total. The molecule has 0 aliphatic rings. The standard InChI is InChI=1S/C12H25NO4/c1-3-4-5-6-7-13-10(8-14)12(17)11(16)9(2)15/h9,11-12,14-17H,3-8H2,1-2H3/t9-,11+,12+/m0/s1. The highest BCUT2D eigenvalue weighted by atomic mass is 16.4. The molecule has 0 radical (unpaired) electrons. The van der Waals surface area contributed by atoms with E-state index >= 15 is 0 Å². The van der Waals surface area contributed by atoms with Gasteiger partial charge in [0.15, 0.2) is 0 Å². The van der Waals surface area contributed by atoms with Crippen LogP contribution in [-0.4, -0.2) is 57.6 Å². The zero-order chi connectivity index (χ0) is 13.3. The number of hydrogen-bond donors (Lipinski definition) is 4. The molecule has 0 heterocycles. The van der Waals surface area contributed by atoms with E-state index in [0.717, 1.165) is 25.7 Å². The molecule has 0 unspecified atom stereocenters. The normalized spacial score (nSPS) is 17.9. The number of aliphatic hydroxyl groups is 4. The van der Waals surface area contributed by atoms with Crippen molar-refractivity contribution in [2.24, 2.45) is 4.99 Å². The molecule has 0 spiro atoms. The van der Waals surface area contributed by atoms with Crippen molar-refractivity contribution in [3.05, 3.63) is 0 Å². The number of hydrogen-bond acceptors (Lipinski definition) is 5. The molecule has 0 amide bonds. The zero-order valence-electron chi connectivity index (χ0n) is 10.7. The van der Waals surface area contributed by atoms with E-state index in [0.29, 0.717) is 6.54 Å². The van der Waals surface area contributed by atoms with Gasteiger partial charge in [0.1, 0.15) is 12.2 Å². The Bertz CT molecular complexity index is 219. The van der Waals surface area contributed by atoms with Crippen LogP contribution in [0.3, 0.4) is 0 Å². The van der Waals surface area contributed by atoms with Gasteiger partial charge in [0.05, 0.1) is 18.4 Å². The Labute approximate surface area is 103 Å². The van der Waals surface area contributed by atoms with E-state index in [1.807, 2.05) is 0 Å². The largest absolute Gasteiger partial charge is 0.391 e. The molecule has 0 saturated carbocycles. The van der Waals surface area contributed by atoms with Gasteiger partial charge in [-0.15, -0.1) is 0 Å². The van der Waals surface area contributed by atoms with Crippen LogP contribution in [0.15, 0.2) is 4.99 Å². The van der Waals surface area contributed by atoms with Gasteiger partial charge in [-0.3, -0.25) is 4.99 Å². The fourth-order valence-electron chi connectivity index (χ4n) is 1.46. The third-order valence-corrected chi connectivity index (χ3v) is 2.65. The number of aliphatic hydroxyl groups excluding tert-OH is 4. The molecule has 0 aromatic heterocycles. The van der Waals surface area contributed by atoms with Crippen LogP contribution >= 0.6 is 0 Å². The number of unbranched alkanes of at least 4 members (excludes halogenated alkanes) is 3. The van der Waals surface area contributed by atoms with Crippen molar-refractivity contribution in [3.63, 3.8) is 0 Å². The lowest BCUT2D eigenvalue weighted by Crippen LogP contribution is -2.42. The number of nitrogens with zero attached hydrogens (tertiary/aromatic N) is 1. The van der Waals surface area contributed by atoms with Crippen LogP contribution in [-0.2, 0) is 0 Å². The van der Waals surface area contributed by atoms with Gasteiger partial charge in [-0.1, -0.05) is 26.2 Å². The third-order valence-electron chi connectivity index (χ3n) is 2.65. The molecule has 17 heavy (non-hydrogen) atoms. The van der Waals surface area contributed by atoms with E-state index < -0.39 is 24.9 Å². The monoisotopic (exact) mass is 247 g/mol. The summed E-state index contributed by atoms with van der Waals surface area (Å²) < 4.78 is 0. The van der Waals surface area contributed by atoms with Crippen LogP contribution in [0.1, 0.15) is 39.5 Å². The zero-order valence-corrected chi connectivity index (χ0v) is 10.7. The average molecular weight is 247 g/mol. The molecule has 0 aliphatic heterocycles. The summed E-state index contributed by atoms with van der Waals surface area (Å²) in [6.45, 7) is 3.62. The van der Waals surface area contributed by atoms with Gasteiger partial charge < -0.3 is 20.4 Å². The Hall–Kier alpha value is -0.490. The maximum Gasteiger partial charge on any atom is 0.122 e. The average Bonchev–Trinajstić information content (AvgIpc) is 2.32. The first-order valence-corrected chi connectivity index (χ1v) is 6.22. The van der Waals surface area contributed by atoms with Crippen molar-refractivity contribution in [1.82, 2.24) is 0 Å². The third kappa shape index (κ3) is 6.73. The van der Waals surface area contributed by atoms with Crippen LogP contribution in [0.5, 0.6) is 0 Å². The highest BCUT2D eigenvalue weighted by molar-refractivity contribution is 5.90. The van der Waals surface area contributed by atoms with Gasteiger partial charge in [-0.2, -0.15) is 0 Å². The van der Waals surface area contributed by atoms with Crippen molar-refractivity contribution < 1.29 is 20.4 Å². The molecular formula is C12H25NO4. The molecule has 0 fully saturated rings. The molecule has 5 heteroatoms.